The lowest BCUT2D eigenvalue weighted by Crippen LogP contribution is -2.69. The van der Waals surface area contributed by atoms with Gasteiger partial charge in [-0.05, 0) is 0 Å². The number of esters is 5. The van der Waals surface area contributed by atoms with Gasteiger partial charge in [0.25, 0.3) is 5.79 Å². The number of ether oxygens (including phenoxy) is 6. The van der Waals surface area contributed by atoms with Gasteiger partial charge in [0.1, 0.15) is 18.8 Å². The smallest absolute Gasteiger partial charge is 0.465 e. The average molecular weight is 571 g/mol. The lowest BCUT2D eigenvalue weighted by atomic mass is 9.88. The maximum absolute atomic E-state index is 12.8. The molecule has 1 rings (SSSR count). The molecule has 1 amide bonds. The van der Waals surface area contributed by atoms with Gasteiger partial charge in [0.2, 0.25) is 5.91 Å². The van der Waals surface area contributed by atoms with Crippen LogP contribution in [-0.4, -0.2) is 95.5 Å². The number of phosphoric acid groups is 1. The molecule has 0 aromatic carbocycles. The first-order valence-electron chi connectivity index (χ1n) is 10.9. The normalized spacial score (nSPS) is 24.7. The summed E-state index contributed by atoms with van der Waals surface area (Å²) in [7, 11) is -4.72. The van der Waals surface area contributed by atoms with E-state index in [-0.39, 0.29) is 0 Å². The van der Waals surface area contributed by atoms with Crippen molar-refractivity contribution in [2.75, 3.05) is 13.7 Å². The van der Waals surface area contributed by atoms with Crippen molar-refractivity contribution in [3.8, 4) is 0 Å². The summed E-state index contributed by atoms with van der Waals surface area (Å²) in [5.74, 6) is -9.00. The molecule has 0 aromatic heterocycles. The second-order valence-electron chi connectivity index (χ2n) is 8.01. The first-order valence-corrected chi connectivity index (χ1v) is 12.4. The molecule has 6 atom stereocenters. The van der Waals surface area contributed by atoms with Crippen molar-refractivity contribution in [1.82, 2.24) is 5.32 Å². The quantitative estimate of drug-likeness (QED) is 0.147. The Labute approximate surface area is 216 Å². The van der Waals surface area contributed by atoms with E-state index >= 15 is 0 Å². The Morgan fingerprint density at radius 2 is 1.55 bits per heavy atom. The predicted octanol–water partition coefficient (Wildman–Crippen LogP) is -1.38. The largest absolute Gasteiger partial charge is 0.472 e. The van der Waals surface area contributed by atoms with Crippen molar-refractivity contribution < 1.29 is 76.1 Å². The minimum Gasteiger partial charge on any atom is -0.465 e. The molecule has 216 valence electrons. The molecule has 3 N–H and O–H groups in total. The first-order chi connectivity index (χ1) is 17.4. The van der Waals surface area contributed by atoms with Gasteiger partial charge in [-0.15, -0.1) is 0 Å². The van der Waals surface area contributed by atoms with Gasteiger partial charge < -0.3 is 43.5 Å². The third-order valence-electron chi connectivity index (χ3n) is 4.76. The van der Waals surface area contributed by atoms with Crippen molar-refractivity contribution in [1.29, 1.82) is 0 Å². The Balaban J connectivity index is 3.88. The van der Waals surface area contributed by atoms with Crippen LogP contribution < -0.4 is 5.32 Å². The molecule has 18 heteroatoms. The third kappa shape index (κ3) is 9.98. The summed E-state index contributed by atoms with van der Waals surface area (Å²) in [5, 5.41) is 2.39. The van der Waals surface area contributed by atoms with E-state index in [0.717, 1.165) is 41.7 Å². The van der Waals surface area contributed by atoms with E-state index in [1.54, 1.807) is 0 Å². The molecule has 0 spiro atoms. The highest BCUT2D eigenvalue weighted by molar-refractivity contribution is 7.46. The second kappa shape index (κ2) is 13.6. The van der Waals surface area contributed by atoms with Crippen molar-refractivity contribution in [2.24, 2.45) is 0 Å². The first kappa shape index (κ1) is 32.9. The van der Waals surface area contributed by atoms with Gasteiger partial charge in [-0.25, -0.2) is 13.9 Å². The third-order valence-corrected chi connectivity index (χ3v) is 5.29. The highest BCUT2D eigenvalue weighted by atomic mass is 31.2. The fourth-order valence-electron chi connectivity index (χ4n) is 3.68. The Kier molecular flexibility index (Phi) is 11.8. The number of carbonyl (C=O) groups is 6. The number of amides is 1. The molecule has 0 radical (unpaired) electrons. The van der Waals surface area contributed by atoms with E-state index in [9.17, 15) is 43.1 Å². The van der Waals surface area contributed by atoms with Crippen molar-refractivity contribution in [3.63, 3.8) is 0 Å². The zero-order valence-corrected chi connectivity index (χ0v) is 22.3. The summed E-state index contributed by atoms with van der Waals surface area (Å²) in [5.41, 5.74) is 0. The topological polar surface area (TPSA) is 237 Å². The van der Waals surface area contributed by atoms with Gasteiger partial charge in [0, 0.05) is 34.6 Å². The van der Waals surface area contributed by atoms with Gasteiger partial charge in [-0.3, -0.25) is 24.0 Å². The number of hydrogen-bond acceptors (Lipinski definition) is 14. The number of rotatable bonds is 11. The molecule has 0 unspecified atom stereocenters. The fourth-order valence-corrected chi connectivity index (χ4v) is 4.26. The molecule has 0 saturated carbocycles. The van der Waals surface area contributed by atoms with E-state index in [2.05, 4.69) is 14.6 Å². The minimum atomic E-state index is -5.55. The molecule has 1 aliphatic heterocycles. The Morgan fingerprint density at radius 3 is 1.97 bits per heavy atom. The summed E-state index contributed by atoms with van der Waals surface area (Å²) >= 11 is 0. The summed E-state index contributed by atoms with van der Waals surface area (Å²) < 4.78 is 47.2. The van der Waals surface area contributed by atoms with E-state index in [0.29, 0.717) is 0 Å². The predicted molar refractivity (Wildman–Crippen MR) is 118 cm³/mol. The lowest BCUT2D eigenvalue weighted by molar-refractivity contribution is -0.292. The Bertz CT molecular complexity index is 978. The maximum atomic E-state index is 12.8. The SMILES string of the molecule is COC(=O)[C@]1(OP(=O)(O)O)C[C@H](OC(C)=O)[C@@H](NC(C)=O)[C@H]([C@H](OC(C)=O)[C@@H](COC(C)=O)OC(C)=O)O1. The second-order valence-corrected chi connectivity index (χ2v) is 9.18. The van der Waals surface area contributed by atoms with Gasteiger partial charge in [-0.2, -0.15) is 0 Å². The number of methoxy groups -OCH3 is 1. The van der Waals surface area contributed by atoms with Crippen LogP contribution in [0.4, 0.5) is 0 Å². The van der Waals surface area contributed by atoms with Crippen LogP contribution >= 0.6 is 7.82 Å². The molecule has 0 aromatic rings. The zero-order valence-electron chi connectivity index (χ0n) is 21.4. The highest BCUT2D eigenvalue weighted by Crippen LogP contribution is 2.47. The van der Waals surface area contributed by atoms with Crippen LogP contribution in [0.5, 0.6) is 0 Å². The molecule has 1 fully saturated rings. The average Bonchev–Trinajstić information content (AvgIpc) is 2.73. The van der Waals surface area contributed by atoms with Gasteiger partial charge in [0.15, 0.2) is 12.2 Å². The van der Waals surface area contributed by atoms with Crippen molar-refractivity contribution in [2.45, 2.75) is 77.3 Å². The molecule has 0 aliphatic carbocycles. The monoisotopic (exact) mass is 571 g/mol. The number of nitrogens with one attached hydrogen (secondary N) is 1. The van der Waals surface area contributed by atoms with E-state index in [4.69, 9.17) is 23.7 Å². The van der Waals surface area contributed by atoms with E-state index in [1.165, 1.54) is 0 Å². The molecule has 17 nitrogen and oxygen atoms in total. The summed E-state index contributed by atoms with van der Waals surface area (Å²) in [6, 6.07) is -1.51. The number of hydrogen-bond donors (Lipinski definition) is 3. The minimum absolute atomic E-state index is 0.734. The molecule has 38 heavy (non-hydrogen) atoms. The van der Waals surface area contributed by atoms with Crippen molar-refractivity contribution >= 4 is 43.6 Å². The number of carbonyl (C=O) groups excluding carboxylic acids is 6. The van der Waals surface area contributed by atoms with Crippen LogP contribution in [-0.2, 0) is 66.3 Å². The molecule has 1 heterocycles. The van der Waals surface area contributed by atoms with Gasteiger partial charge >= 0.3 is 37.7 Å². The molecule has 1 aliphatic rings. The van der Waals surface area contributed by atoms with Crippen LogP contribution in [0.1, 0.15) is 41.0 Å². The molecular weight excluding hydrogens is 541 g/mol. The summed E-state index contributed by atoms with van der Waals surface area (Å²) in [6.07, 6.45) is -7.95. The highest BCUT2D eigenvalue weighted by Gasteiger charge is 2.61. The molecule has 1 saturated heterocycles. The maximum Gasteiger partial charge on any atom is 0.472 e. The van der Waals surface area contributed by atoms with Crippen LogP contribution in [0.2, 0.25) is 0 Å². The van der Waals surface area contributed by atoms with Crippen LogP contribution in [0.25, 0.3) is 0 Å². The molecular formula is C20H30NO16P. The van der Waals surface area contributed by atoms with Crippen molar-refractivity contribution in [3.05, 3.63) is 0 Å². The summed E-state index contributed by atoms with van der Waals surface area (Å²) in [6.45, 7) is 4.21. The standard InChI is InChI=1S/C20H30NO16P/c1-9(22)21-16-14(33-11(3)24)7-20(19(27)31-6,37-38(28,29)30)36-18(16)17(35-13(5)26)15(34-12(4)25)8-32-10(2)23/h14-18H,7-8H2,1-6H3,(H,21,22)(H2,28,29,30)/t14-,15+,16+,17+,18+,20+/m0/s1. The zero-order chi connectivity index (χ0) is 29.4. The fraction of sp³-hybridized carbons (Fsp3) is 0.700. The van der Waals surface area contributed by atoms with Crippen LogP contribution in [0.15, 0.2) is 0 Å². The van der Waals surface area contributed by atoms with E-state index < -0.39 is 92.8 Å². The Hall–Kier alpha value is -3.11. The lowest BCUT2D eigenvalue weighted by Gasteiger charge is -2.48. The molecule has 0 bridgehead atoms. The van der Waals surface area contributed by atoms with Gasteiger partial charge in [-0.1, -0.05) is 0 Å². The van der Waals surface area contributed by atoms with Gasteiger partial charge in [0.05, 0.1) is 19.6 Å². The van der Waals surface area contributed by atoms with Crippen LogP contribution in [0.3, 0.4) is 0 Å². The van der Waals surface area contributed by atoms with E-state index in [1.807, 2.05) is 0 Å². The Morgan fingerprint density at radius 1 is 0.974 bits per heavy atom. The van der Waals surface area contributed by atoms with Crippen LogP contribution in [0, 0.1) is 0 Å². The summed E-state index contributed by atoms with van der Waals surface area (Å²) in [4.78, 5) is 91.1. The number of phosphoric ester groups is 1.